The molecule has 3 nitrogen and oxygen atoms in total. The zero-order valence-electron chi connectivity index (χ0n) is 9.19. The van der Waals surface area contributed by atoms with Crippen LogP contribution in [-0.2, 0) is 0 Å². The van der Waals surface area contributed by atoms with Crippen LogP contribution in [0.25, 0.3) is 0 Å². The monoisotopic (exact) mass is 281 g/mol. The average Bonchev–Trinajstić information content (AvgIpc) is 2.31. The van der Waals surface area contributed by atoms with Crippen LogP contribution in [0.15, 0.2) is 35.5 Å². The fraction of sp³-hybridized carbons (Fsp3) is 0.417. The number of nitrogens with one attached hydrogen (secondary N) is 1. The molecule has 1 atom stereocenters. The maximum atomic E-state index is 4.50. The quantitative estimate of drug-likeness (QED) is 0.678. The summed E-state index contributed by atoms with van der Waals surface area (Å²) in [6.07, 6.45) is 1.97. The van der Waals surface area contributed by atoms with Crippen molar-refractivity contribution >= 4 is 15.9 Å². The van der Waals surface area contributed by atoms with Crippen LogP contribution >= 0.6 is 15.9 Å². The average molecular weight is 282 g/mol. The number of pyridine rings is 1. The lowest BCUT2D eigenvalue weighted by atomic mass is 10.1. The van der Waals surface area contributed by atoms with E-state index in [1.165, 1.54) is 0 Å². The van der Waals surface area contributed by atoms with Gasteiger partial charge in [-0.2, -0.15) is 0 Å². The van der Waals surface area contributed by atoms with Gasteiger partial charge in [-0.05, 0) is 28.1 Å². The Bertz CT molecular complexity index is 361. The van der Waals surface area contributed by atoms with Crippen molar-refractivity contribution in [1.82, 2.24) is 15.2 Å². The topological polar surface area (TPSA) is 28.2 Å². The summed E-state index contributed by atoms with van der Waals surface area (Å²) in [5, 5.41) is 3.35. The highest BCUT2D eigenvalue weighted by Gasteiger charge is 2.20. The van der Waals surface area contributed by atoms with Gasteiger partial charge < -0.3 is 5.32 Å². The third-order valence-corrected chi connectivity index (χ3v) is 3.25. The van der Waals surface area contributed by atoms with Crippen molar-refractivity contribution in [2.75, 3.05) is 26.2 Å². The Morgan fingerprint density at radius 1 is 1.44 bits per heavy atom. The van der Waals surface area contributed by atoms with E-state index in [4.69, 9.17) is 0 Å². The molecule has 1 aliphatic rings. The summed E-state index contributed by atoms with van der Waals surface area (Å²) >= 11 is 3.41. The van der Waals surface area contributed by atoms with Gasteiger partial charge in [0.15, 0.2) is 0 Å². The molecule has 1 aliphatic heterocycles. The van der Waals surface area contributed by atoms with Crippen LogP contribution in [0.3, 0.4) is 0 Å². The Balaban J connectivity index is 2.17. The van der Waals surface area contributed by atoms with Gasteiger partial charge in [-0.25, -0.2) is 4.98 Å². The fourth-order valence-electron chi connectivity index (χ4n) is 2.01. The van der Waals surface area contributed by atoms with Crippen molar-refractivity contribution in [3.8, 4) is 0 Å². The molecular formula is C12H16BrN3. The Kier molecular flexibility index (Phi) is 4.09. The number of nitrogens with zero attached hydrogens (tertiary/aromatic N) is 2. The third-order valence-electron chi connectivity index (χ3n) is 2.81. The van der Waals surface area contributed by atoms with Crippen LogP contribution in [0, 0.1) is 0 Å². The number of rotatable bonds is 3. The van der Waals surface area contributed by atoms with E-state index in [1.54, 1.807) is 0 Å². The number of piperazine rings is 1. The van der Waals surface area contributed by atoms with Gasteiger partial charge in [-0.1, -0.05) is 12.1 Å². The molecule has 0 aromatic carbocycles. The molecule has 1 N–H and O–H groups in total. The predicted molar refractivity (Wildman–Crippen MR) is 69.3 cm³/mol. The first-order valence-corrected chi connectivity index (χ1v) is 6.30. The molecule has 0 bridgehead atoms. The highest BCUT2D eigenvalue weighted by molar-refractivity contribution is 9.10. The number of aromatic nitrogens is 1. The molecule has 4 heteroatoms. The van der Waals surface area contributed by atoms with Gasteiger partial charge in [0.25, 0.3) is 0 Å². The summed E-state index contributed by atoms with van der Waals surface area (Å²) in [5.74, 6) is 0. The zero-order valence-corrected chi connectivity index (χ0v) is 10.8. The second-order valence-electron chi connectivity index (χ2n) is 3.85. The molecule has 1 saturated heterocycles. The normalized spacial score (nSPS) is 19.3. The summed E-state index contributed by atoms with van der Waals surface area (Å²) in [4.78, 5) is 6.90. The molecule has 0 radical (unpaired) electrons. The highest BCUT2D eigenvalue weighted by atomic mass is 79.9. The zero-order chi connectivity index (χ0) is 11.4. The minimum absolute atomic E-state index is 0.222. The Hall–Kier alpha value is -0.710. The fourth-order valence-corrected chi connectivity index (χ4v) is 2.36. The van der Waals surface area contributed by atoms with E-state index < -0.39 is 0 Å². The summed E-state index contributed by atoms with van der Waals surface area (Å²) in [6.45, 7) is 8.10. The van der Waals surface area contributed by atoms with Gasteiger partial charge in [0, 0.05) is 26.2 Å². The molecule has 0 unspecified atom stereocenters. The first kappa shape index (κ1) is 11.8. The predicted octanol–water partition coefficient (Wildman–Crippen LogP) is 1.98. The van der Waals surface area contributed by atoms with Gasteiger partial charge in [0.05, 0.1) is 11.7 Å². The number of halogens is 1. The Labute approximate surface area is 105 Å². The first-order chi connectivity index (χ1) is 7.81. The second kappa shape index (κ2) is 5.57. The Morgan fingerprint density at radius 3 is 2.81 bits per heavy atom. The number of hydrogen-bond donors (Lipinski definition) is 1. The van der Waals surface area contributed by atoms with Crippen LogP contribution in [0.4, 0.5) is 0 Å². The standard InChI is InChI=1S/C12H16BrN3/c1-2-11(16-8-6-14-7-9-16)10-4-3-5-12(13)15-10/h2-5,11,14H,1,6-9H2/t11-/m0/s1. The molecule has 86 valence electrons. The van der Waals surface area contributed by atoms with Crippen molar-refractivity contribution in [1.29, 1.82) is 0 Å². The molecule has 0 spiro atoms. The van der Waals surface area contributed by atoms with Crippen molar-refractivity contribution < 1.29 is 0 Å². The highest BCUT2D eigenvalue weighted by Crippen LogP contribution is 2.21. The number of hydrogen-bond acceptors (Lipinski definition) is 3. The maximum absolute atomic E-state index is 4.50. The maximum Gasteiger partial charge on any atom is 0.106 e. The molecule has 0 aliphatic carbocycles. The molecule has 2 heterocycles. The summed E-state index contributed by atoms with van der Waals surface area (Å²) < 4.78 is 0.881. The van der Waals surface area contributed by atoms with E-state index in [-0.39, 0.29) is 6.04 Å². The van der Waals surface area contributed by atoms with Crippen molar-refractivity contribution in [3.05, 3.63) is 41.2 Å². The van der Waals surface area contributed by atoms with Gasteiger partial charge in [-0.3, -0.25) is 4.90 Å². The molecule has 16 heavy (non-hydrogen) atoms. The molecule has 2 rings (SSSR count). The second-order valence-corrected chi connectivity index (χ2v) is 4.66. The molecule has 1 fully saturated rings. The van der Waals surface area contributed by atoms with Crippen LogP contribution in [0.1, 0.15) is 11.7 Å². The van der Waals surface area contributed by atoms with Gasteiger partial charge in [0.2, 0.25) is 0 Å². The summed E-state index contributed by atoms with van der Waals surface area (Å²) in [6, 6.07) is 6.24. The van der Waals surface area contributed by atoms with E-state index in [0.29, 0.717) is 0 Å². The van der Waals surface area contributed by atoms with E-state index >= 15 is 0 Å². The van der Waals surface area contributed by atoms with Crippen molar-refractivity contribution in [3.63, 3.8) is 0 Å². The van der Waals surface area contributed by atoms with E-state index in [2.05, 4.69) is 43.8 Å². The van der Waals surface area contributed by atoms with Gasteiger partial charge in [-0.15, -0.1) is 6.58 Å². The molecule has 1 aromatic heterocycles. The van der Waals surface area contributed by atoms with E-state index in [1.807, 2.05) is 18.2 Å². The lowest BCUT2D eigenvalue weighted by Gasteiger charge is -2.32. The Morgan fingerprint density at radius 2 is 2.19 bits per heavy atom. The van der Waals surface area contributed by atoms with Crippen molar-refractivity contribution in [2.24, 2.45) is 0 Å². The van der Waals surface area contributed by atoms with Crippen LogP contribution in [0.2, 0.25) is 0 Å². The third kappa shape index (κ3) is 2.70. The summed E-state index contributed by atoms with van der Waals surface area (Å²) in [7, 11) is 0. The molecule has 1 aromatic rings. The molecule has 0 saturated carbocycles. The summed E-state index contributed by atoms with van der Waals surface area (Å²) in [5.41, 5.74) is 1.06. The minimum atomic E-state index is 0.222. The smallest absolute Gasteiger partial charge is 0.106 e. The van der Waals surface area contributed by atoms with Crippen LogP contribution in [-0.4, -0.2) is 36.1 Å². The lowest BCUT2D eigenvalue weighted by Crippen LogP contribution is -2.44. The largest absolute Gasteiger partial charge is 0.314 e. The van der Waals surface area contributed by atoms with Gasteiger partial charge in [0.1, 0.15) is 4.60 Å². The minimum Gasteiger partial charge on any atom is -0.314 e. The van der Waals surface area contributed by atoms with Crippen LogP contribution in [0.5, 0.6) is 0 Å². The SMILES string of the molecule is C=C[C@@H](c1cccc(Br)n1)N1CCNCC1. The lowest BCUT2D eigenvalue weighted by molar-refractivity contribution is 0.200. The van der Waals surface area contributed by atoms with Crippen molar-refractivity contribution in [2.45, 2.75) is 6.04 Å². The molecule has 0 amide bonds. The van der Waals surface area contributed by atoms with Crippen LogP contribution < -0.4 is 5.32 Å². The van der Waals surface area contributed by atoms with Gasteiger partial charge >= 0.3 is 0 Å². The molecular weight excluding hydrogens is 266 g/mol. The van der Waals surface area contributed by atoms with E-state index in [0.717, 1.165) is 36.5 Å². The van der Waals surface area contributed by atoms with E-state index in [9.17, 15) is 0 Å². The first-order valence-electron chi connectivity index (χ1n) is 5.51.